The molecule has 0 aliphatic carbocycles. The zero-order valence-corrected chi connectivity index (χ0v) is 12.0. The van der Waals surface area contributed by atoms with Crippen LogP contribution in [-0.4, -0.2) is 18.0 Å². The molecule has 0 heterocycles. The highest BCUT2D eigenvalue weighted by molar-refractivity contribution is 6.30. The van der Waals surface area contributed by atoms with Crippen LogP contribution in [0.5, 0.6) is 0 Å². The molecular formula is C14H23ClN2. The number of hydrogen-bond donors (Lipinski definition) is 1. The smallest absolute Gasteiger partial charge is 0.0410 e. The van der Waals surface area contributed by atoms with Crippen molar-refractivity contribution in [1.29, 1.82) is 0 Å². The predicted octanol–water partition coefficient (Wildman–Crippen LogP) is 3.79. The Balaban J connectivity index is 2.67. The van der Waals surface area contributed by atoms with Crippen molar-refractivity contribution in [1.82, 2.24) is 4.90 Å². The molecule has 0 aliphatic rings. The summed E-state index contributed by atoms with van der Waals surface area (Å²) in [6, 6.07) is 6.21. The minimum Gasteiger partial charge on any atom is -0.398 e. The Morgan fingerprint density at radius 1 is 1.29 bits per heavy atom. The molecule has 0 aliphatic heterocycles. The quantitative estimate of drug-likeness (QED) is 0.810. The van der Waals surface area contributed by atoms with Crippen molar-refractivity contribution in [3.05, 3.63) is 28.8 Å². The van der Waals surface area contributed by atoms with Crippen LogP contribution in [0.15, 0.2) is 18.2 Å². The van der Waals surface area contributed by atoms with E-state index in [1.807, 2.05) is 18.2 Å². The molecule has 2 nitrogen and oxygen atoms in total. The molecule has 0 saturated carbocycles. The van der Waals surface area contributed by atoms with Gasteiger partial charge in [0, 0.05) is 23.3 Å². The maximum atomic E-state index is 5.99. The lowest BCUT2D eigenvalue weighted by Crippen LogP contribution is -2.30. The minimum atomic E-state index is 0.549. The van der Waals surface area contributed by atoms with Gasteiger partial charge in [-0.25, -0.2) is 0 Å². The summed E-state index contributed by atoms with van der Waals surface area (Å²) in [5.41, 5.74) is 7.88. The van der Waals surface area contributed by atoms with Crippen LogP contribution in [0.25, 0.3) is 0 Å². The molecule has 0 fully saturated rings. The normalized spacial score (nSPS) is 13.4. The maximum absolute atomic E-state index is 5.99. The van der Waals surface area contributed by atoms with E-state index in [4.69, 9.17) is 17.3 Å². The summed E-state index contributed by atoms with van der Waals surface area (Å²) < 4.78 is 0. The van der Waals surface area contributed by atoms with E-state index < -0.39 is 0 Å². The molecule has 0 radical (unpaired) electrons. The van der Waals surface area contributed by atoms with Crippen LogP contribution in [0.2, 0.25) is 5.02 Å². The predicted molar refractivity (Wildman–Crippen MR) is 76.2 cm³/mol. The molecule has 1 atom stereocenters. The van der Waals surface area contributed by atoms with Crippen molar-refractivity contribution >= 4 is 17.3 Å². The van der Waals surface area contributed by atoms with Gasteiger partial charge in [-0.2, -0.15) is 0 Å². The summed E-state index contributed by atoms with van der Waals surface area (Å²) >= 11 is 5.99. The highest BCUT2D eigenvalue weighted by Crippen LogP contribution is 2.21. The van der Waals surface area contributed by atoms with Gasteiger partial charge in [-0.1, -0.05) is 25.4 Å². The molecule has 1 unspecified atom stereocenters. The molecule has 0 amide bonds. The number of rotatable bonds is 5. The van der Waals surface area contributed by atoms with Gasteiger partial charge in [0.25, 0.3) is 0 Å². The van der Waals surface area contributed by atoms with Crippen LogP contribution in [0.1, 0.15) is 32.8 Å². The number of anilines is 1. The first-order valence-corrected chi connectivity index (χ1v) is 6.52. The fourth-order valence-corrected chi connectivity index (χ4v) is 2.19. The van der Waals surface area contributed by atoms with Crippen LogP contribution < -0.4 is 5.73 Å². The summed E-state index contributed by atoms with van der Waals surface area (Å²) in [6.07, 6.45) is 1.19. The van der Waals surface area contributed by atoms with Crippen LogP contribution in [-0.2, 0) is 6.54 Å². The number of nitrogens with two attached hydrogens (primary N) is 1. The van der Waals surface area contributed by atoms with E-state index in [-0.39, 0.29) is 0 Å². The first kappa shape index (κ1) is 14.3. The molecule has 96 valence electrons. The van der Waals surface area contributed by atoms with E-state index in [9.17, 15) is 0 Å². The Morgan fingerprint density at radius 2 is 1.94 bits per heavy atom. The minimum absolute atomic E-state index is 0.549. The average molecular weight is 255 g/mol. The SMILES string of the molecule is CC(C)CC(C)N(C)Cc1cc(Cl)ccc1N. The topological polar surface area (TPSA) is 29.3 Å². The summed E-state index contributed by atoms with van der Waals surface area (Å²) in [7, 11) is 2.13. The van der Waals surface area contributed by atoms with E-state index in [2.05, 4.69) is 32.7 Å². The average Bonchev–Trinajstić information content (AvgIpc) is 2.22. The molecular weight excluding hydrogens is 232 g/mol. The molecule has 2 N–H and O–H groups in total. The lowest BCUT2D eigenvalue weighted by atomic mass is 10.0. The van der Waals surface area contributed by atoms with Crippen molar-refractivity contribution in [2.75, 3.05) is 12.8 Å². The third-order valence-corrected chi connectivity index (χ3v) is 3.32. The second kappa shape index (κ2) is 6.27. The van der Waals surface area contributed by atoms with Crippen LogP contribution in [0.3, 0.4) is 0 Å². The van der Waals surface area contributed by atoms with Gasteiger partial charge in [-0.05, 0) is 50.1 Å². The van der Waals surface area contributed by atoms with E-state index in [0.29, 0.717) is 12.0 Å². The van der Waals surface area contributed by atoms with E-state index in [1.165, 1.54) is 6.42 Å². The first-order chi connectivity index (χ1) is 7.90. The van der Waals surface area contributed by atoms with E-state index in [1.54, 1.807) is 0 Å². The molecule has 1 rings (SSSR count). The van der Waals surface area contributed by atoms with Gasteiger partial charge in [0.1, 0.15) is 0 Å². The van der Waals surface area contributed by atoms with E-state index >= 15 is 0 Å². The lowest BCUT2D eigenvalue weighted by molar-refractivity contribution is 0.221. The van der Waals surface area contributed by atoms with Gasteiger partial charge < -0.3 is 5.73 Å². The lowest BCUT2D eigenvalue weighted by Gasteiger charge is -2.26. The van der Waals surface area contributed by atoms with Crippen molar-refractivity contribution in [2.24, 2.45) is 5.92 Å². The van der Waals surface area contributed by atoms with Crippen LogP contribution in [0.4, 0.5) is 5.69 Å². The summed E-state index contributed by atoms with van der Waals surface area (Å²) in [6.45, 7) is 7.59. The second-order valence-electron chi connectivity index (χ2n) is 5.24. The van der Waals surface area contributed by atoms with Crippen LogP contribution >= 0.6 is 11.6 Å². The number of benzene rings is 1. The second-order valence-corrected chi connectivity index (χ2v) is 5.67. The van der Waals surface area contributed by atoms with Crippen molar-refractivity contribution in [3.63, 3.8) is 0 Å². The van der Waals surface area contributed by atoms with E-state index in [0.717, 1.165) is 22.8 Å². The molecule has 0 saturated heterocycles. The highest BCUT2D eigenvalue weighted by Gasteiger charge is 2.12. The summed E-state index contributed by atoms with van der Waals surface area (Å²) in [4.78, 5) is 2.32. The maximum Gasteiger partial charge on any atom is 0.0410 e. The van der Waals surface area contributed by atoms with Gasteiger partial charge in [0.2, 0.25) is 0 Å². The molecule has 0 aromatic heterocycles. The van der Waals surface area contributed by atoms with Crippen molar-refractivity contribution < 1.29 is 0 Å². The largest absolute Gasteiger partial charge is 0.398 e. The molecule has 0 spiro atoms. The first-order valence-electron chi connectivity index (χ1n) is 6.14. The van der Waals surface area contributed by atoms with Crippen molar-refractivity contribution in [2.45, 2.75) is 39.8 Å². The summed E-state index contributed by atoms with van der Waals surface area (Å²) in [5, 5.41) is 0.749. The fourth-order valence-electron chi connectivity index (χ4n) is 2.00. The standard InChI is InChI=1S/C14H23ClN2/c1-10(2)7-11(3)17(4)9-12-8-13(15)5-6-14(12)16/h5-6,8,10-11H,7,9,16H2,1-4H3. The molecule has 1 aromatic rings. The molecule has 17 heavy (non-hydrogen) atoms. The van der Waals surface area contributed by atoms with Gasteiger partial charge in [0.15, 0.2) is 0 Å². The van der Waals surface area contributed by atoms with Crippen LogP contribution in [0, 0.1) is 5.92 Å². The number of nitrogen functional groups attached to an aromatic ring is 1. The monoisotopic (exact) mass is 254 g/mol. The van der Waals surface area contributed by atoms with Gasteiger partial charge >= 0.3 is 0 Å². The fraction of sp³-hybridized carbons (Fsp3) is 0.571. The Labute approximate surface area is 110 Å². The Hall–Kier alpha value is -0.730. The number of hydrogen-bond acceptors (Lipinski definition) is 2. The Bertz CT molecular complexity index is 363. The zero-order valence-electron chi connectivity index (χ0n) is 11.2. The molecule has 3 heteroatoms. The Kier molecular flexibility index (Phi) is 5.29. The zero-order chi connectivity index (χ0) is 13.0. The summed E-state index contributed by atoms with van der Waals surface area (Å²) in [5.74, 6) is 0.712. The Morgan fingerprint density at radius 3 is 2.53 bits per heavy atom. The highest BCUT2D eigenvalue weighted by atomic mass is 35.5. The third kappa shape index (κ3) is 4.57. The van der Waals surface area contributed by atoms with Crippen molar-refractivity contribution in [3.8, 4) is 0 Å². The molecule has 0 bridgehead atoms. The van der Waals surface area contributed by atoms with Gasteiger partial charge in [-0.3, -0.25) is 4.90 Å². The van der Waals surface area contributed by atoms with Gasteiger partial charge in [-0.15, -0.1) is 0 Å². The third-order valence-electron chi connectivity index (χ3n) is 3.09. The molecule has 1 aromatic carbocycles. The number of halogens is 1. The number of nitrogens with zero attached hydrogens (tertiary/aromatic N) is 1. The van der Waals surface area contributed by atoms with Gasteiger partial charge in [0.05, 0.1) is 0 Å².